The lowest BCUT2D eigenvalue weighted by Gasteiger charge is -2.22. The Labute approximate surface area is 135 Å². The van der Waals surface area contributed by atoms with Crippen molar-refractivity contribution in [3.8, 4) is 5.88 Å². The van der Waals surface area contributed by atoms with Crippen LogP contribution in [0.3, 0.4) is 0 Å². The molecule has 0 aliphatic rings. The van der Waals surface area contributed by atoms with Gasteiger partial charge in [0, 0.05) is 6.20 Å². The molecule has 0 aliphatic carbocycles. The van der Waals surface area contributed by atoms with E-state index in [1.807, 2.05) is 5.32 Å². The van der Waals surface area contributed by atoms with E-state index in [0.717, 1.165) is 24.3 Å². The third-order valence-electron chi connectivity index (χ3n) is 3.10. The first-order valence-electron chi connectivity index (χ1n) is 7.03. The molecule has 24 heavy (non-hydrogen) atoms. The fraction of sp³-hybridized carbons (Fsp3) is 0.250. The van der Waals surface area contributed by atoms with Crippen LogP contribution < -0.4 is 10.1 Å². The van der Waals surface area contributed by atoms with Gasteiger partial charge in [-0.25, -0.2) is 9.37 Å². The van der Waals surface area contributed by atoms with E-state index in [0.29, 0.717) is 0 Å². The Bertz CT molecular complexity index is 702. The number of aromatic nitrogens is 1. The van der Waals surface area contributed by atoms with Gasteiger partial charge in [-0.05, 0) is 36.8 Å². The van der Waals surface area contributed by atoms with Gasteiger partial charge in [0.2, 0.25) is 5.88 Å². The summed E-state index contributed by atoms with van der Waals surface area (Å²) >= 11 is 0. The SMILES string of the molecule is CCOc1ncccc1C(=O)NC(c1ccc(F)cc1)C(F)(F)F. The number of nitrogens with one attached hydrogen (secondary N) is 1. The predicted octanol–water partition coefficient (Wildman–Crippen LogP) is 3.65. The van der Waals surface area contributed by atoms with Crippen LogP contribution in [0.5, 0.6) is 5.88 Å². The first kappa shape index (κ1) is 17.7. The highest BCUT2D eigenvalue weighted by Crippen LogP contribution is 2.33. The molecule has 1 aromatic carbocycles. The van der Waals surface area contributed by atoms with E-state index in [2.05, 4.69) is 4.98 Å². The van der Waals surface area contributed by atoms with Crippen molar-refractivity contribution in [1.29, 1.82) is 0 Å². The van der Waals surface area contributed by atoms with Crippen LogP contribution in [-0.4, -0.2) is 23.7 Å². The van der Waals surface area contributed by atoms with Gasteiger partial charge in [-0.3, -0.25) is 4.79 Å². The van der Waals surface area contributed by atoms with Crippen LogP contribution in [-0.2, 0) is 0 Å². The topological polar surface area (TPSA) is 51.2 Å². The van der Waals surface area contributed by atoms with Gasteiger partial charge in [0.1, 0.15) is 11.4 Å². The minimum Gasteiger partial charge on any atom is -0.477 e. The Balaban J connectivity index is 2.30. The Morgan fingerprint density at radius 3 is 2.50 bits per heavy atom. The number of benzene rings is 1. The zero-order valence-corrected chi connectivity index (χ0v) is 12.6. The van der Waals surface area contributed by atoms with E-state index in [1.165, 1.54) is 18.3 Å². The molecule has 1 N–H and O–H groups in total. The normalized spacial score (nSPS) is 12.5. The van der Waals surface area contributed by atoms with Crippen molar-refractivity contribution in [3.63, 3.8) is 0 Å². The maximum Gasteiger partial charge on any atom is 0.412 e. The lowest BCUT2D eigenvalue weighted by Crippen LogP contribution is -2.38. The Morgan fingerprint density at radius 2 is 1.92 bits per heavy atom. The van der Waals surface area contributed by atoms with Crippen LogP contribution >= 0.6 is 0 Å². The molecule has 2 rings (SSSR count). The summed E-state index contributed by atoms with van der Waals surface area (Å²) in [6.07, 6.45) is -3.38. The summed E-state index contributed by atoms with van der Waals surface area (Å²) < 4.78 is 57.9. The highest BCUT2D eigenvalue weighted by molar-refractivity contribution is 5.96. The average Bonchev–Trinajstić information content (AvgIpc) is 2.53. The molecule has 2 aromatic rings. The lowest BCUT2D eigenvalue weighted by atomic mass is 10.1. The summed E-state index contributed by atoms with van der Waals surface area (Å²) in [5.41, 5.74) is -0.394. The number of carbonyl (C=O) groups excluding carboxylic acids is 1. The molecule has 1 heterocycles. The maximum atomic E-state index is 13.3. The van der Waals surface area contributed by atoms with Crippen LogP contribution in [0, 0.1) is 5.82 Å². The molecule has 0 fully saturated rings. The zero-order valence-electron chi connectivity index (χ0n) is 12.6. The number of ether oxygens (including phenoxy) is 1. The monoisotopic (exact) mass is 342 g/mol. The molecule has 1 aromatic heterocycles. The van der Waals surface area contributed by atoms with Gasteiger partial charge in [0.05, 0.1) is 6.61 Å². The molecular weight excluding hydrogens is 328 g/mol. The Morgan fingerprint density at radius 1 is 1.25 bits per heavy atom. The molecule has 128 valence electrons. The van der Waals surface area contributed by atoms with Crippen LogP contribution in [0.1, 0.15) is 28.9 Å². The number of nitrogens with zero attached hydrogens (tertiary/aromatic N) is 1. The van der Waals surface area contributed by atoms with Crippen molar-refractivity contribution >= 4 is 5.91 Å². The quantitative estimate of drug-likeness (QED) is 0.844. The first-order chi connectivity index (χ1) is 11.3. The molecule has 0 saturated heterocycles. The maximum absolute atomic E-state index is 13.3. The summed E-state index contributed by atoms with van der Waals surface area (Å²) in [5.74, 6) is -1.72. The smallest absolute Gasteiger partial charge is 0.412 e. The van der Waals surface area contributed by atoms with Crippen molar-refractivity contribution < 1.29 is 27.1 Å². The van der Waals surface area contributed by atoms with Crippen LogP contribution in [0.2, 0.25) is 0 Å². The highest BCUT2D eigenvalue weighted by Gasteiger charge is 2.42. The number of halogens is 4. The Hall–Kier alpha value is -2.64. The van der Waals surface area contributed by atoms with E-state index in [4.69, 9.17) is 4.74 Å². The first-order valence-corrected chi connectivity index (χ1v) is 7.03. The second-order valence-electron chi connectivity index (χ2n) is 4.79. The van der Waals surface area contributed by atoms with Crippen LogP contribution in [0.4, 0.5) is 17.6 Å². The molecule has 0 spiro atoms. The molecule has 8 heteroatoms. The number of alkyl halides is 3. The standard InChI is InChI=1S/C16H14F4N2O2/c1-2-24-15-12(4-3-9-21-15)14(23)22-13(16(18,19)20)10-5-7-11(17)8-6-10/h3-9,13H,2H2,1H3,(H,22,23). The second kappa shape index (κ2) is 7.29. The largest absolute Gasteiger partial charge is 0.477 e. The minimum atomic E-state index is -4.75. The number of amides is 1. The van der Waals surface area contributed by atoms with E-state index >= 15 is 0 Å². The summed E-state index contributed by atoms with van der Waals surface area (Å²) in [4.78, 5) is 16.1. The van der Waals surface area contributed by atoms with Crippen molar-refractivity contribution in [1.82, 2.24) is 10.3 Å². The fourth-order valence-corrected chi connectivity index (χ4v) is 2.03. The number of rotatable bonds is 5. The van der Waals surface area contributed by atoms with E-state index in [-0.39, 0.29) is 23.6 Å². The number of pyridine rings is 1. The summed E-state index contributed by atoms with van der Waals surface area (Å²) in [6.45, 7) is 1.87. The number of hydrogen-bond donors (Lipinski definition) is 1. The summed E-state index contributed by atoms with van der Waals surface area (Å²) in [6, 6.07) is 4.19. The zero-order chi connectivity index (χ0) is 17.7. The van der Waals surface area contributed by atoms with Gasteiger partial charge in [0.15, 0.2) is 6.04 Å². The molecule has 0 bridgehead atoms. The minimum absolute atomic E-state index is 0.0578. The average molecular weight is 342 g/mol. The van der Waals surface area contributed by atoms with Gasteiger partial charge in [-0.2, -0.15) is 13.2 Å². The van der Waals surface area contributed by atoms with Gasteiger partial charge in [-0.15, -0.1) is 0 Å². The van der Waals surface area contributed by atoms with E-state index < -0.39 is 23.9 Å². The third kappa shape index (κ3) is 4.21. The molecule has 1 unspecified atom stereocenters. The lowest BCUT2D eigenvalue weighted by molar-refractivity contribution is -0.155. The van der Waals surface area contributed by atoms with E-state index in [9.17, 15) is 22.4 Å². The molecule has 0 aliphatic heterocycles. The molecular formula is C16H14F4N2O2. The molecule has 1 atom stereocenters. The van der Waals surface area contributed by atoms with Crippen molar-refractivity contribution in [2.24, 2.45) is 0 Å². The van der Waals surface area contributed by atoms with Gasteiger partial charge >= 0.3 is 6.18 Å². The van der Waals surface area contributed by atoms with Gasteiger partial charge < -0.3 is 10.1 Å². The van der Waals surface area contributed by atoms with Crippen LogP contribution in [0.15, 0.2) is 42.6 Å². The number of hydrogen-bond acceptors (Lipinski definition) is 3. The Kier molecular flexibility index (Phi) is 5.38. The summed E-state index contributed by atoms with van der Waals surface area (Å²) in [7, 11) is 0. The highest BCUT2D eigenvalue weighted by atomic mass is 19.4. The van der Waals surface area contributed by atoms with Crippen molar-refractivity contribution in [2.75, 3.05) is 6.61 Å². The van der Waals surface area contributed by atoms with Gasteiger partial charge in [-0.1, -0.05) is 12.1 Å². The van der Waals surface area contributed by atoms with Crippen molar-refractivity contribution in [3.05, 3.63) is 59.5 Å². The van der Waals surface area contributed by atoms with Crippen LogP contribution in [0.25, 0.3) is 0 Å². The van der Waals surface area contributed by atoms with E-state index in [1.54, 1.807) is 6.92 Å². The molecule has 0 saturated carbocycles. The number of carbonyl (C=O) groups is 1. The molecule has 1 amide bonds. The van der Waals surface area contributed by atoms with Crippen molar-refractivity contribution in [2.45, 2.75) is 19.1 Å². The second-order valence-corrected chi connectivity index (χ2v) is 4.79. The molecule has 4 nitrogen and oxygen atoms in total. The summed E-state index contributed by atoms with van der Waals surface area (Å²) in [5, 5.41) is 1.90. The predicted molar refractivity (Wildman–Crippen MR) is 78.1 cm³/mol. The third-order valence-corrected chi connectivity index (χ3v) is 3.10. The van der Waals surface area contributed by atoms with Gasteiger partial charge in [0.25, 0.3) is 5.91 Å². The molecule has 0 radical (unpaired) electrons. The fourth-order valence-electron chi connectivity index (χ4n) is 2.03.